The van der Waals surface area contributed by atoms with Crippen molar-refractivity contribution >= 4 is 17.5 Å². The van der Waals surface area contributed by atoms with Crippen LogP contribution in [0.15, 0.2) is 24.3 Å². The monoisotopic (exact) mass is 307 g/mol. The van der Waals surface area contributed by atoms with Gasteiger partial charge in [-0.2, -0.15) is 0 Å². The van der Waals surface area contributed by atoms with E-state index in [1.54, 1.807) is 4.90 Å². The molecule has 0 aromatic heterocycles. The van der Waals surface area contributed by atoms with Crippen LogP contribution in [0.2, 0.25) is 0 Å². The van der Waals surface area contributed by atoms with E-state index in [1.165, 1.54) is 24.3 Å². The van der Waals surface area contributed by atoms with E-state index < -0.39 is 0 Å². The molecule has 6 heteroatoms. The van der Waals surface area contributed by atoms with Crippen molar-refractivity contribution in [2.75, 3.05) is 39.0 Å². The smallest absolute Gasteiger partial charge is 0.229 e. The van der Waals surface area contributed by atoms with Crippen molar-refractivity contribution in [3.8, 4) is 0 Å². The summed E-state index contributed by atoms with van der Waals surface area (Å²) in [7, 11) is 3.98. The number of nitrogens with one attached hydrogen (secondary N) is 1. The number of hydrogen-bond acceptors (Lipinski definition) is 3. The number of benzene rings is 1. The molecule has 1 atom stereocenters. The molecule has 1 aromatic rings. The highest BCUT2D eigenvalue weighted by Crippen LogP contribution is 2.20. The third kappa shape index (κ3) is 4.53. The Balaban J connectivity index is 1.84. The van der Waals surface area contributed by atoms with Gasteiger partial charge in [-0.3, -0.25) is 9.59 Å². The van der Waals surface area contributed by atoms with Gasteiger partial charge in [0.15, 0.2) is 0 Å². The second-order valence-corrected chi connectivity index (χ2v) is 5.89. The minimum atomic E-state index is -0.346. The Bertz CT molecular complexity index is 531. The lowest BCUT2D eigenvalue weighted by Gasteiger charge is -2.18. The number of nitrogens with zero attached hydrogens (tertiary/aromatic N) is 2. The van der Waals surface area contributed by atoms with Gasteiger partial charge in [-0.1, -0.05) is 0 Å². The van der Waals surface area contributed by atoms with E-state index in [9.17, 15) is 14.0 Å². The van der Waals surface area contributed by atoms with Crippen molar-refractivity contribution in [1.82, 2.24) is 9.80 Å². The number of rotatable bonds is 6. The molecule has 2 rings (SSSR count). The van der Waals surface area contributed by atoms with Gasteiger partial charge in [-0.05, 0) is 51.3 Å². The van der Waals surface area contributed by atoms with Gasteiger partial charge < -0.3 is 15.1 Å². The first-order valence-corrected chi connectivity index (χ1v) is 7.44. The molecular formula is C16H22FN3O2. The zero-order chi connectivity index (χ0) is 16.1. The summed E-state index contributed by atoms with van der Waals surface area (Å²) in [6.07, 6.45) is 1.14. The van der Waals surface area contributed by atoms with E-state index in [-0.39, 0.29) is 30.0 Å². The average Bonchev–Trinajstić information content (AvgIpc) is 2.83. The molecule has 120 valence electrons. The highest BCUT2D eigenvalue weighted by Gasteiger charge is 2.33. The second kappa shape index (κ2) is 7.35. The maximum atomic E-state index is 12.8. The summed E-state index contributed by atoms with van der Waals surface area (Å²) in [5.41, 5.74) is 0.546. The van der Waals surface area contributed by atoms with Crippen LogP contribution in [-0.2, 0) is 9.59 Å². The molecule has 1 saturated heterocycles. The number of halogens is 1. The molecule has 0 radical (unpaired) electrons. The highest BCUT2D eigenvalue weighted by atomic mass is 19.1. The van der Waals surface area contributed by atoms with E-state index in [1.807, 2.05) is 14.1 Å². The van der Waals surface area contributed by atoms with Gasteiger partial charge in [0.25, 0.3) is 0 Å². The third-order valence-electron chi connectivity index (χ3n) is 3.73. The summed E-state index contributed by atoms with van der Waals surface area (Å²) in [5.74, 6) is -0.842. The lowest BCUT2D eigenvalue weighted by molar-refractivity contribution is -0.128. The molecule has 1 aromatic carbocycles. The van der Waals surface area contributed by atoms with Crippen LogP contribution in [-0.4, -0.2) is 55.3 Å². The summed E-state index contributed by atoms with van der Waals surface area (Å²) >= 11 is 0. The predicted octanol–water partition coefficient (Wildman–Crippen LogP) is 1.56. The highest BCUT2D eigenvalue weighted by molar-refractivity contribution is 5.97. The fraction of sp³-hybridized carbons (Fsp3) is 0.500. The number of hydrogen-bond donors (Lipinski definition) is 1. The summed E-state index contributed by atoms with van der Waals surface area (Å²) in [5, 5.41) is 2.73. The summed E-state index contributed by atoms with van der Waals surface area (Å²) in [6.45, 7) is 2.05. The van der Waals surface area contributed by atoms with Gasteiger partial charge in [-0.15, -0.1) is 0 Å². The quantitative estimate of drug-likeness (QED) is 0.868. The first-order chi connectivity index (χ1) is 10.5. The predicted molar refractivity (Wildman–Crippen MR) is 82.9 cm³/mol. The van der Waals surface area contributed by atoms with Crippen LogP contribution in [0.5, 0.6) is 0 Å². The SMILES string of the molecule is CN(C)CCCN1CC(C(=O)Nc2ccc(F)cc2)CC1=O. The largest absolute Gasteiger partial charge is 0.342 e. The third-order valence-corrected chi connectivity index (χ3v) is 3.73. The topological polar surface area (TPSA) is 52.6 Å². The van der Waals surface area contributed by atoms with Gasteiger partial charge in [0.1, 0.15) is 5.82 Å². The van der Waals surface area contributed by atoms with Gasteiger partial charge in [0, 0.05) is 25.2 Å². The van der Waals surface area contributed by atoms with Crippen LogP contribution in [0.3, 0.4) is 0 Å². The Hall–Kier alpha value is -1.95. The fourth-order valence-electron chi connectivity index (χ4n) is 2.52. The zero-order valence-electron chi connectivity index (χ0n) is 13.0. The van der Waals surface area contributed by atoms with E-state index in [2.05, 4.69) is 10.2 Å². The standard InChI is InChI=1S/C16H22FN3O2/c1-19(2)8-3-9-20-11-12(10-15(20)21)16(22)18-14-6-4-13(17)5-7-14/h4-7,12H,3,8-11H2,1-2H3,(H,18,22). The Kier molecular flexibility index (Phi) is 5.49. The van der Waals surface area contributed by atoms with Crippen molar-refractivity contribution < 1.29 is 14.0 Å². The molecule has 0 aliphatic carbocycles. The molecular weight excluding hydrogens is 285 g/mol. The molecule has 0 bridgehead atoms. The normalized spacial score (nSPS) is 18.1. The molecule has 5 nitrogen and oxygen atoms in total. The molecule has 1 fully saturated rings. The van der Waals surface area contributed by atoms with Crippen molar-refractivity contribution in [2.45, 2.75) is 12.8 Å². The van der Waals surface area contributed by atoms with Crippen molar-refractivity contribution in [1.29, 1.82) is 0 Å². The van der Waals surface area contributed by atoms with Crippen molar-refractivity contribution in [2.24, 2.45) is 5.92 Å². The maximum absolute atomic E-state index is 12.8. The van der Waals surface area contributed by atoms with Gasteiger partial charge in [0.05, 0.1) is 5.92 Å². The Morgan fingerprint density at radius 3 is 2.68 bits per heavy atom. The molecule has 2 amide bonds. The molecule has 22 heavy (non-hydrogen) atoms. The van der Waals surface area contributed by atoms with Crippen LogP contribution in [0, 0.1) is 11.7 Å². The lowest BCUT2D eigenvalue weighted by atomic mass is 10.1. The van der Waals surface area contributed by atoms with Gasteiger partial charge >= 0.3 is 0 Å². The zero-order valence-corrected chi connectivity index (χ0v) is 13.0. The molecule has 0 saturated carbocycles. The Morgan fingerprint density at radius 2 is 2.05 bits per heavy atom. The molecule has 1 unspecified atom stereocenters. The lowest BCUT2D eigenvalue weighted by Crippen LogP contribution is -2.30. The fourth-order valence-corrected chi connectivity index (χ4v) is 2.52. The minimum Gasteiger partial charge on any atom is -0.342 e. The number of carbonyl (C=O) groups is 2. The molecule has 1 heterocycles. The van der Waals surface area contributed by atoms with Crippen molar-refractivity contribution in [3.05, 3.63) is 30.1 Å². The first-order valence-electron chi connectivity index (χ1n) is 7.44. The minimum absolute atomic E-state index is 0.0259. The molecule has 1 aliphatic heterocycles. The van der Waals surface area contributed by atoms with Gasteiger partial charge in [-0.25, -0.2) is 4.39 Å². The van der Waals surface area contributed by atoms with Crippen LogP contribution < -0.4 is 5.32 Å². The Morgan fingerprint density at radius 1 is 1.36 bits per heavy atom. The van der Waals surface area contributed by atoms with E-state index in [0.29, 0.717) is 18.8 Å². The average molecular weight is 307 g/mol. The summed E-state index contributed by atoms with van der Waals surface area (Å²) in [6, 6.07) is 5.61. The van der Waals surface area contributed by atoms with Gasteiger partial charge in [0.2, 0.25) is 11.8 Å². The van der Waals surface area contributed by atoms with Crippen LogP contribution in [0.1, 0.15) is 12.8 Å². The first kappa shape index (κ1) is 16.4. The summed E-state index contributed by atoms with van der Waals surface area (Å²) in [4.78, 5) is 27.9. The van der Waals surface area contributed by atoms with Crippen LogP contribution >= 0.6 is 0 Å². The second-order valence-electron chi connectivity index (χ2n) is 5.89. The maximum Gasteiger partial charge on any atom is 0.229 e. The van der Waals surface area contributed by atoms with E-state index >= 15 is 0 Å². The van der Waals surface area contributed by atoms with E-state index in [4.69, 9.17) is 0 Å². The molecule has 1 N–H and O–H groups in total. The van der Waals surface area contributed by atoms with E-state index in [0.717, 1.165) is 13.0 Å². The van der Waals surface area contributed by atoms with Crippen LogP contribution in [0.4, 0.5) is 10.1 Å². The van der Waals surface area contributed by atoms with Crippen molar-refractivity contribution in [3.63, 3.8) is 0 Å². The molecule has 1 aliphatic rings. The summed E-state index contributed by atoms with van der Waals surface area (Å²) < 4.78 is 12.8. The molecule has 0 spiro atoms. The number of anilines is 1. The number of carbonyl (C=O) groups excluding carboxylic acids is 2. The van der Waals surface area contributed by atoms with Crippen LogP contribution in [0.25, 0.3) is 0 Å². The number of amides is 2. The Labute approximate surface area is 130 Å². The number of likely N-dealkylation sites (tertiary alicyclic amines) is 1.